The lowest BCUT2D eigenvalue weighted by molar-refractivity contribution is -0.126. The Balaban J connectivity index is 1.51. The number of carbonyl (C=O) groups is 2. The van der Waals surface area contributed by atoms with Gasteiger partial charge < -0.3 is 10.6 Å². The highest BCUT2D eigenvalue weighted by atomic mass is 19.1. The third-order valence-corrected chi connectivity index (χ3v) is 4.76. The van der Waals surface area contributed by atoms with Crippen molar-refractivity contribution in [3.8, 4) is 0 Å². The van der Waals surface area contributed by atoms with Gasteiger partial charge in [0.1, 0.15) is 5.82 Å². The second-order valence-corrected chi connectivity index (χ2v) is 6.71. The van der Waals surface area contributed by atoms with Crippen molar-refractivity contribution in [2.24, 2.45) is 5.92 Å². The number of anilines is 1. The number of benzene rings is 2. The normalized spacial score (nSPS) is 14.7. The number of nitrogens with one attached hydrogen (secondary N) is 2. The zero-order chi connectivity index (χ0) is 18.4. The van der Waals surface area contributed by atoms with E-state index in [1.54, 1.807) is 12.1 Å². The average molecular weight is 354 g/mol. The molecule has 0 radical (unpaired) electrons. The second kappa shape index (κ2) is 8.61. The number of hydrogen-bond donors (Lipinski definition) is 2. The Morgan fingerprint density at radius 2 is 1.58 bits per heavy atom. The molecule has 2 N–H and O–H groups in total. The summed E-state index contributed by atoms with van der Waals surface area (Å²) in [5.41, 5.74) is 2.00. The van der Waals surface area contributed by atoms with Crippen LogP contribution in [0.25, 0.3) is 0 Å². The van der Waals surface area contributed by atoms with Crippen LogP contribution in [0.3, 0.4) is 0 Å². The second-order valence-electron chi connectivity index (χ2n) is 6.71. The summed E-state index contributed by atoms with van der Waals surface area (Å²) in [5.74, 6) is -0.329. The zero-order valence-corrected chi connectivity index (χ0v) is 14.6. The first-order chi connectivity index (χ1) is 12.6. The molecule has 1 aliphatic carbocycles. The lowest BCUT2D eigenvalue weighted by atomic mass is 9.88. The van der Waals surface area contributed by atoms with Crippen LogP contribution in [0.5, 0.6) is 0 Å². The molecule has 1 aliphatic rings. The van der Waals surface area contributed by atoms with Crippen molar-refractivity contribution in [3.05, 3.63) is 65.5 Å². The van der Waals surface area contributed by atoms with E-state index < -0.39 is 0 Å². The molecule has 0 atom stereocenters. The Morgan fingerprint density at radius 1 is 0.923 bits per heavy atom. The molecule has 26 heavy (non-hydrogen) atoms. The molecule has 0 aromatic heterocycles. The summed E-state index contributed by atoms with van der Waals surface area (Å²) in [5, 5.41) is 5.71. The molecule has 0 bridgehead atoms. The van der Waals surface area contributed by atoms with E-state index in [2.05, 4.69) is 10.6 Å². The maximum Gasteiger partial charge on any atom is 0.255 e. The molecule has 2 aromatic rings. The van der Waals surface area contributed by atoms with Crippen molar-refractivity contribution in [1.82, 2.24) is 5.32 Å². The minimum atomic E-state index is -0.345. The zero-order valence-electron chi connectivity index (χ0n) is 14.6. The number of carbonyl (C=O) groups excluding carboxylic acids is 2. The molecule has 0 unspecified atom stereocenters. The van der Waals surface area contributed by atoms with Gasteiger partial charge in [0.25, 0.3) is 5.91 Å². The average Bonchev–Trinajstić information content (AvgIpc) is 2.69. The maximum atomic E-state index is 12.9. The molecule has 4 nitrogen and oxygen atoms in total. The molecule has 3 rings (SSSR count). The summed E-state index contributed by atoms with van der Waals surface area (Å²) in [6.45, 7) is 0.467. The van der Waals surface area contributed by atoms with Crippen LogP contribution in [0.2, 0.25) is 0 Å². The largest absolute Gasteiger partial charge is 0.352 e. The van der Waals surface area contributed by atoms with Crippen LogP contribution in [0.15, 0.2) is 48.5 Å². The molecular weight excluding hydrogens is 331 g/mol. The summed E-state index contributed by atoms with van der Waals surface area (Å²) in [6, 6.07) is 12.7. The standard InChI is InChI=1S/C21H23FN2O2/c22-18-10-12-19(13-11-18)24-21(26)17-8-6-15(7-9-17)14-23-20(25)16-4-2-1-3-5-16/h6-13,16H,1-5,14H2,(H,23,25)(H,24,26). The van der Waals surface area contributed by atoms with Gasteiger partial charge in [0.15, 0.2) is 0 Å². The van der Waals surface area contributed by atoms with Crippen LogP contribution in [-0.4, -0.2) is 11.8 Å². The molecule has 5 heteroatoms. The minimum absolute atomic E-state index is 0.128. The smallest absolute Gasteiger partial charge is 0.255 e. The molecule has 0 spiro atoms. The van der Waals surface area contributed by atoms with Crippen molar-refractivity contribution < 1.29 is 14.0 Å². The van der Waals surface area contributed by atoms with Gasteiger partial charge in [-0.25, -0.2) is 4.39 Å². The quantitative estimate of drug-likeness (QED) is 0.842. The molecule has 0 aliphatic heterocycles. The van der Waals surface area contributed by atoms with Crippen LogP contribution in [-0.2, 0) is 11.3 Å². The first-order valence-corrected chi connectivity index (χ1v) is 9.05. The summed E-state index contributed by atoms with van der Waals surface area (Å²) in [4.78, 5) is 24.4. The Labute approximate surface area is 152 Å². The van der Waals surface area contributed by atoms with E-state index >= 15 is 0 Å². The van der Waals surface area contributed by atoms with Gasteiger partial charge in [-0.05, 0) is 54.8 Å². The summed E-state index contributed by atoms with van der Waals surface area (Å²) < 4.78 is 12.9. The third kappa shape index (κ3) is 4.91. The van der Waals surface area contributed by atoms with Gasteiger partial charge in [0.05, 0.1) is 0 Å². The van der Waals surface area contributed by atoms with Crippen LogP contribution < -0.4 is 10.6 Å². The lowest BCUT2D eigenvalue weighted by Crippen LogP contribution is -2.31. The summed E-state index contributed by atoms with van der Waals surface area (Å²) >= 11 is 0. The van der Waals surface area contributed by atoms with Gasteiger partial charge in [-0.15, -0.1) is 0 Å². The van der Waals surface area contributed by atoms with Gasteiger partial charge in [-0.1, -0.05) is 31.4 Å². The molecule has 2 aromatic carbocycles. The highest BCUT2D eigenvalue weighted by Gasteiger charge is 2.20. The molecule has 136 valence electrons. The van der Waals surface area contributed by atoms with Crippen molar-refractivity contribution in [3.63, 3.8) is 0 Å². The van der Waals surface area contributed by atoms with Crippen molar-refractivity contribution in [2.75, 3.05) is 5.32 Å². The van der Waals surface area contributed by atoms with Crippen LogP contribution in [0.4, 0.5) is 10.1 Å². The number of amides is 2. The summed E-state index contributed by atoms with van der Waals surface area (Å²) in [6.07, 6.45) is 5.46. The molecule has 2 amide bonds. The van der Waals surface area contributed by atoms with Crippen LogP contribution >= 0.6 is 0 Å². The van der Waals surface area contributed by atoms with Crippen LogP contribution in [0, 0.1) is 11.7 Å². The van der Waals surface area contributed by atoms with Crippen molar-refractivity contribution >= 4 is 17.5 Å². The Morgan fingerprint density at radius 3 is 2.23 bits per heavy atom. The third-order valence-electron chi connectivity index (χ3n) is 4.76. The minimum Gasteiger partial charge on any atom is -0.352 e. The monoisotopic (exact) mass is 354 g/mol. The Hall–Kier alpha value is -2.69. The SMILES string of the molecule is O=C(Nc1ccc(F)cc1)c1ccc(CNC(=O)C2CCCCC2)cc1. The molecular formula is C21H23FN2O2. The fourth-order valence-electron chi connectivity index (χ4n) is 3.21. The van der Waals surface area contributed by atoms with E-state index in [-0.39, 0.29) is 23.5 Å². The number of hydrogen-bond acceptors (Lipinski definition) is 2. The molecule has 1 saturated carbocycles. The van der Waals surface area contributed by atoms with E-state index in [0.29, 0.717) is 17.8 Å². The predicted molar refractivity (Wildman–Crippen MR) is 99.2 cm³/mol. The van der Waals surface area contributed by atoms with E-state index in [0.717, 1.165) is 31.2 Å². The molecule has 0 heterocycles. The van der Waals surface area contributed by atoms with Gasteiger partial charge in [-0.3, -0.25) is 9.59 Å². The van der Waals surface area contributed by atoms with Crippen molar-refractivity contribution in [1.29, 1.82) is 0 Å². The predicted octanol–water partition coefficient (Wildman–Crippen LogP) is 4.27. The van der Waals surface area contributed by atoms with E-state index in [1.165, 1.54) is 30.7 Å². The van der Waals surface area contributed by atoms with Gasteiger partial charge >= 0.3 is 0 Å². The van der Waals surface area contributed by atoms with E-state index in [4.69, 9.17) is 0 Å². The summed E-state index contributed by atoms with van der Waals surface area (Å²) in [7, 11) is 0. The van der Waals surface area contributed by atoms with Crippen molar-refractivity contribution in [2.45, 2.75) is 38.6 Å². The highest BCUT2D eigenvalue weighted by Crippen LogP contribution is 2.23. The fourth-order valence-corrected chi connectivity index (χ4v) is 3.21. The van der Waals surface area contributed by atoms with E-state index in [1.807, 2.05) is 12.1 Å². The maximum absolute atomic E-state index is 12.9. The molecule has 1 fully saturated rings. The fraction of sp³-hybridized carbons (Fsp3) is 0.333. The number of rotatable bonds is 5. The Kier molecular flexibility index (Phi) is 6.00. The molecule has 0 saturated heterocycles. The number of halogens is 1. The first kappa shape index (κ1) is 18.1. The van der Waals surface area contributed by atoms with Gasteiger partial charge in [0.2, 0.25) is 5.91 Å². The van der Waals surface area contributed by atoms with Gasteiger partial charge in [-0.2, -0.15) is 0 Å². The topological polar surface area (TPSA) is 58.2 Å². The van der Waals surface area contributed by atoms with E-state index in [9.17, 15) is 14.0 Å². The highest BCUT2D eigenvalue weighted by molar-refractivity contribution is 6.04. The first-order valence-electron chi connectivity index (χ1n) is 9.05. The van der Waals surface area contributed by atoms with Gasteiger partial charge in [0, 0.05) is 23.7 Å². The van der Waals surface area contributed by atoms with Crippen LogP contribution in [0.1, 0.15) is 48.0 Å². The lowest BCUT2D eigenvalue weighted by Gasteiger charge is -2.20. The Bertz CT molecular complexity index is 751.